The Morgan fingerprint density at radius 2 is 1.89 bits per heavy atom. The predicted octanol–water partition coefficient (Wildman–Crippen LogP) is 3.68. The van der Waals surface area contributed by atoms with Gasteiger partial charge in [-0.3, -0.25) is 4.68 Å². The highest BCUT2D eigenvalue weighted by Crippen LogP contribution is 2.51. The molecular formula is C19H30F3N3O2S. The first kappa shape index (κ1) is 21.6. The third kappa shape index (κ3) is 5.49. The van der Waals surface area contributed by atoms with Crippen LogP contribution in [0, 0.1) is 17.3 Å². The first-order valence-corrected chi connectivity index (χ1v) is 11.9. The number of halogens is 3. The van der Waals surface area contributed by atoms with Crippen LogP contribution in [0.2, 0.25) is 0 Å². The number of hydrogen-bond acceptors (Lipinski definition) is 4. The third-order valence-electron chi connectivity index (χ3n) is 6.03. The van der Waals surface area contributed by atoms with Gasteiger partial charge in [0.25, 0.3) is 0 Å². The first-order chi connectivity index (χ1) is 13.0. The number of hydrogen-bond donors (Lipinski definition) is 1. The monoisotopic (exact) mass is 421 g/mol. The van der Waals surface area contributed by atoms with Gasteiger partial charge in [0.1, 0.15) is 0 Å². The highest BCUT2D eigenvalue weighted by molar-refractivity contribution is 7.92. The van der Waals surface area contributed by atoms with Crippen LogP contribution in [0.1, 0.15) is 57.7 Å². The molecule has 5 rings (SSSR count). The van der Waals surface area contributed by atoms with Crippen molar-refractivity contribution in [2.24, 2.45) is 17.3 Å². The van der Waals surface area contributed by atoms with Crippen LogP contribution in [0.3, 0.4) is 0 Å². The number of sulfone groups is 1. The minimum atomic E-state index is -4.33. The van der Waals surface area contributed by atoms with E-state index in [1.807, 2.05) is 0 Å². The Bertz CT molecular complexity index is 746. The van der Waals surface area contributed by atoms with Crippen LogP contribution in [0.15, 0.2) is 12.3 Å². The summed E-state index contributed by atoms with van der Waals surface area (Å²) in [7, 11) is -2.61. The summed E-state index contributed by atoms with van der Waals surface area (Å²) in [6.45, 7) is 5.45. The normalized spacial score (nSPS) is 28.6. The van der Waals surface area contributed by atoms with Gasteiger partial charge in [0.05, 0.1) is 11.5 Å². The van der Waals surface area contributed by atoms with Crippen molar-refractivity contribution in [2.75, 3.05) is 24.6 Å². The molecule has 2 aliphatic heterocycles. The van der Waals surface area contributed by atoms with E-state index in [0.717, 1.165) is 25.6 Å². The van der Waals surface area contributed by atoms with Crippen LogP contribution in [0.25, 0.3) is 0 Å². The topological polar surface area (TPSA) is 64.0 Å². The molecule has 28 heavy (non-hydrogen) atoms. The summed E-state index contributed by atoms with van der Waals surface area (Å²) < 4.78 is 58.9. The second kappa shape index (κ2) is 7.97. The van der Waals surface area contributed by atoms with E-state index < -0.39 is 21.7 Å². The summed E-state index contributed by atoms with van der Waals surface area (Å²) in [6, 6.07) is 0.932. The molecule has 1 spiro atoms. The maximum atomic E-state index is 12.0. The fourth-order valence-electron chi connectivity index (χ4n) is 4.37. The summed E-state index contributed by atoms with van der Waals surface area (Å²) in [5.41, 5.74) is -0.685. The zero-order valence-corrected chi connectivity index (χ0v) is 17.3. The van der Waals surface area contributed by atoms with Gasteiger partial charge in [-0.25, -0.2) is 8.42 Å². The lowest BCUT2D eigenvalue weighted by Gasteiger charge is -2.36. The fraction of sp³-hybridized carbons (Fsp3) is 0.842. The standard InChI is InChI=1S/C7H9F3N2.C6H11NO2S.C6H10/c1-5(2)12-4-3-6(11-12)7(8,9)10;8-10(9)4-6(5-10)1-2-7-3-6;1-2-5-4-6(5)3-1/h3-5H,1-2H3;7H,1-5H2;5-6H,1-4H2/t;;5-,6+. The van der Waals surface area contributed by atoms with E-state index >= 15 is 0 Å². The molecule has 5 nitrogen and oxygen atoms in total. The lowest BCUT2D eigenvalue weighted by atomic mass is 9.91. The Morgan fingerprint density at radius 1 is 1.25 bits per heavy atom. The van der Waals surface area contributed by atoms with Gasteiger partial charge in [0.2, 0.25) is 0 Å². The molecular weight excluding hydrogens is 391 g/mol. The van der Waals surface area contributed by atoms with Crippen molar-refractivity contribution < 1.29 is 21.6 Å². The van der Waals surface area contributed by atoms with E-state index in [2.05, 4.69) is 10.4 Å². The zero-order valence-electron chi connectivity index (χ0n) is 16.5. The van der Waals surface area contributed by atoms with Crippen LogP contribution in [-0.2, 0) is 16.0 Å². The van der Waals surface area contributed by atoms with Crippen LogP contribution >= 0.6 is 0 Å². The molecule has 0 unspecified atom stereocenters. The van der Waals surface area contributed by atoms with Crippen molar-refractivity contribution in [3.8, 4) is 0 Å². The number of rotatable bonds is 1. The van der Waals surface area contributed by atoms with Gasteiger partial charge in [-0.15, -0.1) is 0 Å². The van der Waals surface area contributed by atoms with Gasteiger partial charge in [0, 0.05) is 24.2 Å². The molecule has 4 fully saturated rings. The van der Waals surface area contributed by atoms with Crippen molar-refractivity contribution in [3.63, 3.8) is 0 Å². The molecule has 2 aliphatic carbocycles. The molecule has 0 bridgehead atoms. The maximum absolute atomic E-state index is 12.0. The number of aromatic nitrogens is 2. The lowest BCUT2D eigenvalue weighted by molar-refractivity contribution is -0.141. The average molecular weight is 422 g/mol. The fourth-order valence-corrected chi connectivity index (χ4v) is 6.64. The Hall–Kier alpha value is -1.09. The molecule has 1 N–H and O–H groups in total. The van der Waals surface area contributed by atoms with Crippen LogP contribution in [-0.4, -0.2) is 42.8 Å². The van der Waals surface area contributed by atoms with Crippen molar-refractivity contribution in [3.05, 3.63) is 18.0 Å². The molecule has 2 atom stereocenters. The molecule has 0 aromatic carbocycles. The molecule has 0 amide bonds. The molecule has 160 valence electrons. The van der Waals surface area contributed by atoms with Gasteiger partial charge >= 0.3 is 6.18 Å². The van der Waals surface area contributed by atoms with Crippen molar-refractivity contribution in [2.45, 2.75) is 58.2 Å². The van der Waals surface area contributed by atoms with Crippen LogP contribution in [0.4, 0.5) is 13.2 Å². The quantitative estimate of drug-likeness (QED) is 0.751. The Morgan fingerprint density at radius 3 is 2.18 bits per heavy atom. The summed E-state index contributed by atoms with van der Waals surface area (Å²) in [6.07, 6.45) is 4.28. The third-order valence-corrected chi connectivity index (χ3v) is 8.14. The molecule has 1 aromatic heterocycles. The second-order valence-corrected chi connectivity index (χ2v) is 11.0. The zero-order chi connectivity index (χ0) is 20.6. The Kier molecular flexibility index (Phi) is 6.15. The summed E-state index contributed by atoms with van der Waals surface area (Å²) in [5, 5.41) is 6.56. The summed E-state index contributed by atoms with van der Waals surface area (Å²) in [4.78, 5) is 0. The highest BCUT2D eigenvalue weighted by Gasteiger charge is 2.49. The van der Waals surface area contributed by atoms with Gasteiger partial charge in [-0.2, -0.15) is 18.3 Å². The lowest BCUT2D eigenvalue weighted by Crippen LogP contribution is -2.49. The highest BCUT2D eigenvalue weighted by atomic mass is 32.2. The molecule has 1 aromatic rings. The van der Waals surface area contributed by atoms with Crippen LogP contribution in [0.5, 0.6) is 0 Å². The molecule has 0 radical (unpaired) electrons. The van der Waals surface area contributed by atoms with E-state index in [-0.39, 0.29) is 11.5 Å². The summed E-state index contributed by atoms with van der Waals surface area (Å²) in [5.74, 6) is 3.27. The Balaban J connectivity index is 0.000000126. The SMILES string of the molecule is C1C[C@@H]2C[C@@H]2C1.CC(C)n1ccc(C(F)(F)F)n1.O=S1(=O)CC2(CCNC2)C1. The van der Waals surface area contributed by atoms with E-state index in [1.165, 1.54) is 29.1 Å². The largest absolute Gasteiger partial charge is 0.435 e. The number of nitrogens with one attached hydrogen (secondary N) is 1. The van der Waals surface area contributed by atoms with Crippen LogP contribution < -0.4 is 5.32 Å². The number of nitrogens with zero attached hydrogens (tertiary/aromatic N) is 2. The first-order valence-electron chi connectivity index (χ1n) is 10.0. The molecule has 4 aliphatic rings. The van der Waals surface area contributed by atoms with Gasteiger partial charge in [-0.05, 0) is 51.1 Å². The van der Waals surface area contributed by atoms with E-state index in [9.17, 15) is 21.6 Å². The van der Waals surface area contributed by atoms with E-state index in [4.69, 9.17) is 0 Å². The minimum Gasteiger partial charge on any atom is -0.316 e. The van der Waals surface area contributed by atoms with Gasteiger partial charge in [-0.1, -0.05) is 19.3 Å². The van der Waals surface area contributed by atoms with E-state index in [1.54, 1.807) is 33.1 Å². The van der Waals surface area contributed by atoms with Gasteiger partial charge in [0.15, 0.2) is 15.5 Å². The van der Waals surface area contributed by atoms with Crippen molar-refractivity contribution >= 4 is 9.84 Å². The predicted molar refractivity (Wildman–Crippen MR) is 102 cm³/mol. The number of alkyl halides is 3. The Labute approximate surface area is 165 Å². The molecule has 2 saturated carbocycles. The average Bonchev–Trinajstić information content (AvgIpc) is 3.05. The minimum absolute atomic E-state index is 0.0406. The molecule has 2 saturated heterocycles. The van der Waals surface area contributed by atoms with Crippen molar-refractivity contribution in [1.29, 1.82) is 0 Å². The second-order valence-electron chi connectivity index (χ2n) is 8.92. The smallest absolute Gasteiger partial charge is 0.316 e. The van der Waals surface area contributed by atoms with Gasteiger partial charge < -0.3 is 5.32 Å². The van der Waals surface area contributed by atoms with E-state index in [0.29, 0.717) is 11.5 Å². The molecule has 9 heteroatoms. The number of fused-ring (bicyclic) bond motifs is 1. The van der Waals surface area contributed by atoms with Crippen molar-refractivity contribution in [1.82, 2.24) is 15.1 Å². The summed E-state index contributed by atoms with van der Waals surface area (Å²) >= 11 is 0. The maximum Gasteiger partial charge on any atom is 0.435 e. The molecule has 3 heterocycles.